The van der Waals surface area contributed by atoms with Gasteiger partial charge in [0.1, 0.15) is 0 Å². The van der Waals surface area contributed by atoms with Crippen LogP contribution in [0.15, 0.2) is 31.6 Å². The fourth-order valence-corrected chi connectivity index (χ4v) is 2.62. The van der Waals surface area contributed by atoms with Crippen molar-refractivity contribution < 1.29 is 0 Å². The number of rotatable bonds is 2. The number of aromatic nitrogens is 6. The lowest BCUT2D eigenvalue weighted by Crippen LogP contribution is -2.39. The van der Waals surface area contributed by atoms with E-state index in [1.165, 1.54) is 47.2 Å². The fraction of sp³-hybridized carbons (Fsp3) is 0.357. The lowest BCUT2D eigenvalue weighted by molar-refractivity contribution is 0.627. The van der Waals surface area contributed by atoms with Crippen LogP contribution in [0.5, 0.6) is 0 Å². The molecule has 0 aliphatic heterocycles. The fourth-order valence-electron chi connectivity index (χ4n) is 2.62. The Hall–Kier alpha value is -3.17. The second-order valence-corrected chi connectivity index (χ2v) is 5.62. The molecule has 24 heavy (non-hydrogen) atoms. The predicted octanol–water partition coefficient (Wildman–Crippen LogP) is -2.12. The highest BCUT2D eigenvalue weighted by Gasteiger charge is 2.15. The summed E-state index contributed by atoms with van der Waals surface area (Å²) in [7, 11) is 5.85. The molecule has 0 atom stereocenters. The van der Waals surface area contributed by atoms with Gasteiger partial charge in [-0.3, -0.25) is 27.9 Å². The van der Waals surface area contributed by atoms with Crippen LogP contribution in [0.2, 0.25) is 0 Å². The van der Waals surface area contributed by atoms with Crippen LogP contribution in [0.4, 0.5) is 0 Å². The summed E-state index contributed by atoms with van der Waals surface area (Å²) in [6.45, 7) is 0.103. The van der Waals surface area contributed by atoms with E-state index in [1.807, 2.05) is 0 Å². The highest BCUT2D eigenvalue weighted by molar-refractivity contribution is 5.70. The predicted molar refractivity (Wildman–Crippen MR) is 86.2 cm³/mol. The van der Waals surface area contributed by atoms with Crippen molar-refractivity contribution in [3.8, 4) is 0 Å². The van der Waals surface area contributed by atoms with Gasteiger partial charge in [-0.1, -0.05) is 0 Å². The van der Waals surface area contributed by atoms with E-state index in [2.05, 4.69) is 4.98 Å². The minimum atomic E-state index is -0.487. The SMILES string of the molecule is Cn1c(Cn2cnc3c2c(=O)n(C)c(=O)n3C)cc(=O)n(C)c1=O. The van der Waals surface area contributed by atoms with Gasteiger partial charge in [-0.25, -0.2) is 14.6 Å². The van der Waals surface area contributed by atoms with Gasteiger partial charge in [0.15, 0.2) is 11.2 Å². The molecular formula is C14H16N6O4. The first-order valence-corrected chi connectivity index (χ1v) is 7.10. The topological polar surface area (TPSA) is 106 Å². The Morgan fingerprint density at radius 1 is 0.875 bits per heavy atom. The van der Waals surface area contributed by atoms with E-state index < -0.39 is 22.5 Å². The minimum Gasteiger partial charge on any atom is -0.319 e. The van der Waals surface area contributed by atoms with E-state index in [0.717, 1.165) is 9.13 Å². The summed E-state index contributed by atoms with van der Waals surface area (Å²) in [5.41, 5.74) is -0.943. The molecule has 0 radical (unpaired) electrons. The Balaban J connectivity index is 2.28. The van der Waals surface area contributed by atoms with Gasteiger partial charge in [-0.05, 0) is 0 Å². The van der Waals surface area contributed by atoms with Gasteiger partial charge < -0.3 is 4.57 Å². The number of hydrogen-bond acceptors (Lipinski definition) is 5. The maximum absolute atomic E-state index is 12.4. The highest BCUT2D eigenvalue weighted by Crippen LogP contribution is 2.07. The molecule has 0 unspecified atom stereocenters. The van der Waals surface area contributed by atoms with Crippen molar-refractivity contribution in [3.05, 3.63) is 59.8 Å². The number of fused-ring (bicyclic) bond motifs is 1. The van der Waals surface area contributed by atoms with E-state index >= 15 is 0 Å². The quantitative estimate of drug-likeness (QED) is 0.533. The summed E-state index contributed by atoms with van der Waals surface area (Å²) in [4.78, 5) is 52.3. The van der Waals surface area contributed by atoms with Gasteiger partial charge in [0.25, 0.3) is 11.1 Å². The second-order valence-electron chi connectivity index (χ2n) is 5.62. The van der Waals surface area contributed by atoms with Gasteiger partial charge >= 0.3 is 11.4 Å². The minimum absolute atomic E-state index is 0.103. The molecule has 0 bridgehead atoms. The average Bonchev–Trinajstić information content (AvgIpc) is 2.97. The van der Waals surface area contributed by atoms with E-state index in [4.69, 9.17) is 0 Å². The monoisotopic (exact) mass is 332 g/mol. The van der Waals surface area contributed by atoms with Crippen molar-refractivity contribution in [1.82, 2.24) is 27.8 Å². The van der Waals surface area contributed by atoms with Crippen LogP contribution in [0, 0.1) is 0 Å². The molecular weight excluding hydrogens is 316 g/mol. The molecule has 0 saturated carbocycles. The van der Waals surface area contributed by atoms with Crippen molar-refractivity contribution in [2.24, 2.45) is 28.2 Å². The summed E-state index contributed by atoms with van der Waals surface area (Å²) in [5.74, 6) is 0. The Kier molecular flexibility index (Phi) is 3.39. The van der Waals surface area contributed by atoms with Gasteiger partial charge in [0.05, 0.1) is 12.9 Å². The first-order chi connectivity index (χ1) is 11.2. The Labute approximate surface area is 134 Å². The molecule has 0 N–H and O–H groups in total. The number of imidazole rings is 1. The zero-order valence-corrected chi connectivity index (χ0v) is 13.7. The summed E-state index contributed by atoms with van der Waals surface area (Å²) < 4.78 is 6.11. The molecule has 3 heterocycles. The molecule has 10 heteroatoms. The van der Waals surface area contributed by atoms with Crippen molar-refractivity contribution in [2.45, 2.75) is 6.54 Å². The maximum Gasteiger partial charge on any atom is 0.332 e. The Morgan fingerprint density at radius 3 is 2.17 bits per heavy atom. The molecule has 3 aromatic heterocycles. The van der Waals surface area contributed by atoms with Crippen LogP contribution in [0.25, 0.3) is 11.2 Å². The molecule has 126 valence electrons. The van der Waals surface area contributed by atoms with E-state index in [-0.39, 0.29) is 17.7 Å². The Morgan fingerprint density at radius 2 is 1.50 bits per heavy atom. The highest BCUT2D eigenvalue weighted by atomic mass is 16.2. The smallest absolute Gasteiger partial charge is 0.319 e. The van der Waals surface area contributed by atoms with Crippen LogP contribution in [0.3, 0.4) is 0 Å². The van der Waals surface area contributed by atoms with E-state index in [9.17, 15) is 19.2 Å². The van der Waals surface area contributed by atoms with Gasteiger partial charge in [0, 0.05) is 40.0 Å². The molecule has 0 aliphatic carbocycles. The van der Waals surface area contributed by atoms with Crippen molar-refractivity contribution >= 4 is 11.2 Å². The Bertz CT molecular complexity index is 1200. The zero-order chi connectivity index (χ0) is 17.8. The molecule has 3 rings (SSSR count). The maximum atomic E-state index is 12.4. The third-order valence-electron chi connectivity index (χ3n) is 4.17. The first-order valence-electron chi connectivity index (χ1n) is 7.10. The van der Waals surface area contributed by atoms with Gasteiger partial charge in [-0.15, -0.1) is 0 Å². The van der Waals surface area contributed by atoms with Crippen molar-refractivity contribution in [2.75, 3.05) is 0 Å². The summed E-state index contributed by atoms with van der Waals surface area (Å²) in [5, 5.41) is 0. The van der Waals surface area contributed by atoms with Crippen LogP contribution in [-0.4, -0.2) is 27.8 Å². The largest absolute Gasteiger partial charge is 0.332 e. The summed E-state index contributed by atoms with van der Waals surface area (Å²) >= 11 is 0. The zero-order valence-electron chi connectivity index (χ0n) is 13.7. The van der Waals surface area contributed by atoms with Crippen LogP contribution >= 0.6 is 0 Å². The van der Waals surface area contributed by atoms with E-state index in [1.54, 1.807) is 7.05 Å². The van der Waals surface area contributed by atoms with Crippen LogP contribution < -0.4 is 22.5 Å². The number of aryl methyl sites for hydroxylation is 1. The van der Waals surface area contributed by atoms with Crippen molar-refractivity contribution in [1.29, 1.82) is 0 Å². The lowest BCUT2D eigenvalue weighted by atomic mass is 10.3. The average molecular weight is 332 g/mol. The molecule has 0 aliphatic rings. The normalized spacial score (nSPS) is 11.3. The molecule has 10 nitrogen and oxygen atoms in total. The van der Waals surface area contributed by atoms with Crippen LogP contribution in [-0.2, 0) is 34.7 Å². The van der Waals surface area contributed by atoms with Crippen molar-refractivity contribution in [3.63, 3.8) is 0 Å². The molecule has 0 fully saturated rings. The summed E-state index contributed by atoms with van der Waals surface area (Å²) in [6.07, 6.45) is 1.41. The first kappa shape index (κ1) is 15.7. The van der Waals surface area contributed by atoms with Crippen LogP contribution in [0.1, 0.15) is 5.69 Å². The molecule has 0 saturated heterocycles. The second kappa shape index (κ2) is 5.18. The lowest BCUT2D eigenvalue weighted by Gasteiger charge is -2.11. The molecule has 3 aromatic rings. The summed E-state index contributed by atoms with van der Waals surface area (Å²) in [6, 6.07) is 1.33. The number of nitrogens with zero attached hydrogens (tertiary/aromatic N) is 6. The van der Waals surface area contributed by atoms with Gasteiger partial charge in [-0.2, -0.15) is 0 Å². The number of hydrogen-bond donors (Lipinski definition) is 0. The third kappa shape index (κ3) is 2.07. The van der Waals surface area contributed by atoms with Gasteiger partial charge in [0.2, 0.25) is 0 Å². The molecule has 0 aromatic carbocycles. The van der Waals surface area contributed by atoms with E-state index in [0.29, 0.717) is 5.69 Å². The molecule has 0 amide bonds. The third-order valence-corrected chi connectivity index (χ3v) is 4.17. The molecule has 0 spiro atoms. The standard InChI is InChI=1S/C14H16N6O4/c1-16-8(5-9(21)17(2)13(16)23)6-20-7-15-11-10(20)12(22)19(4)14(24)18(11)3/h5,7H,6H2,1-4H3.